The van der Waals surface area contributed by atoms with E-state index < -0.39 is 0 Å². The molecule has 0 unspecified atom stereocenters. The van der Waals surface area contributed by atoms with Gasteiger partial charge in [-0.3, -0.25) is 9.59 Å². The molecule has 0 rings (SSSR count). The van der Waals surface area contributed by atoms with Crippen molar-refractivity contribution in [1.29, 1.82) is 0 Å². The summed E-state index contributed by atoms with van der Waals surface area (Å²) in [4.78, 5) is 21.8. The van der Waals surface area contributed by atoms with Crippen molar-refractivity contribution in [3.05, 3.63) is 0 Å². The minimum atomic E-state index is 0.220. The molecule has 6 heteroatoms. The lowest BCUT2D eigenvalue weighted by atomic mass is 9.80. The smallest absolute Gasteiger partial charge is 0.185 e. The molecule has 0 aromatic rings. The van der Waals surface area contributed by atoms with Gasteiger partial charge in [-0.25, -0.2) is 0 Å². The summed E-state index contributed by atoms with van der Waals surface area (Å²) in [6.45, 7) is 3.77. The Balaban J connectivity index is 3.95. The van der Waals surface area contributed by atoms with Gasteiger partial charge < -0.3 is 10.2 Å². The van der Waals surface area contributed by atoms with Gasteiger partial charge in [-0.05, 0) is 37.5 Å². The maximum absolute atomic E-state index is 10.9. The Bertz CT molecular complexity index is 406. The Labute approximate surface area is 206 Å². The van der Waals surface area contributed by atoms with E-state index in [-0.39, 0.29) is 23.4 Å². The predicted molar refractivity (Wildman–Crippen MR) is 141 cm³/mol. The molecular formula is C26H50O4S2. The van der Waals surface area contributed by atoms with Crippen LogP contribution in [0.15, 0.2) is 0 Å². The quantitative estimate of drug-likeness (QED) is 0.150. The van der Waals surface area contributed by atoms with Gasteiger partial charge in [0.25, 0.3) is 0 Å². The number of carbonyl (C=O) groups excluding carboxylic acids is 2. The van der Waals surface area contributed by atoms with Gasteiger partial charge >= 0.3 is 0 Å². The first kappa shape index (κ1) is 32.0. The highest BCUT2D eigenvalue weighted by Crippen LogP contribution is 2.30. The molecule has 0 spiro atoms. The Morgan fingerprint density at radius 3 is 1.16 bits per heavy atom. The van der Waals surface area contributed by atoms with Gasteiger partial charge in [-0.15, -0.1) is 0 Å². The van der Waals surface area contributed by atoms with Crippen LogP contribution in [0.5, 0.6) is 0 Å². The fourth-order valence-corrected chi connectivity index (χ4v) is 5.70. The van der Waals surface area contributed by atoms with Crippen molar-refractivity contribution in [3.63, 3.8) is 0 Å². The standard InChI is InChI=1S/C26H50O4S2/c1-23(29)31-21-13-9-5-3-7-11-15-25(17-19-27)26(18-20-28)16-12-8-4-6-10-14-22-32-24(2)30/h25-28H,3-22H2,1-2H3/t25-,26+. The average molecular weight is 491 g/mol. The number of aliphatic hydroxyl groups is 2. The first-order chi connectivity index (χ1) is 15.5. The summed E-state index contributed by atoms with van der Waals surface area (Å²) in [5.41, 5.74) is 0. The van der Waals surface area contributed by atoms with Crippen LogP contribution in [0.25, 0.3) is 0 Å². The van der Waals surface area contributed by atoms with E-state index in [4.69, 9.17) is 0 Å². The number of hydrogen-bond donors (Lipinski definition) is 2. The lowest BCUT2D eigenvalue weighted by molar-refractivity contribution is -0.109. The van der Waals surface area contributed by atoms with E-state index in [9.17, 15) is 19.8 Å². The van der Waals surface area contributed by atoms with Crippen LogP contribution in [0, 0.1) is 11.8 Å². The Morgan fingerprint density at radius 1 is 0.531 bits per heavy atom. The van der Waals surface area contributed by atoms with Crippen LogP contribution in [-0.4, -0.2) is 45.2 Å². The number of hydrogen-bond acceptors (Lipinski definition) is 6. The molecule has 0 bridgehead atoms. The van der Waals surface area contributed by atoms with Crippen LogP contribution in [0.3, 0.4) is 0 Å². The van der Waals surface area contributed by atoms with Crippen LogP contribution in [-0.2, 0) is 9.59 Å². The topological polar surface area (TPSA) is 74.6 Å². The molecule has 2 atom stereocenters. The molecule has 0 aliphatic heterocycles. The van der Waals surface area contributed by atoms with E-state index in [0.717, 1.165) is 37.2 Å². The molecule has 0 saturated carbocycles. The van der Waals surface area contributed by atoms with Gasteiger partial charge in [-0.1, -0.05) is 101 Å². The molecule has 0 aromatic carbocycles. The van der Waals surface area contributed by atoms with E-state index >= 15 is 0 Å². The molecule has 0 aromatic heterocycles. The van der Waals surface area contributed by atoms with Gasteiger partial charge in [0.05, 0.1) is 0 Å². The maximum Gasteiger partial charge on any atom is 0.185 e. The van der Waals surface area contributed by atoms with Crippen molar-refractivity contribution in [2.75, 3.05) is 24.7 Å². The third kappa shape index (κ3) is 21.8. The molecule has 2 N–H and O–H groups in total. The summed E-state index contributed by atoms with van der Waals surface area (Å²) in [7, 11) is 0. The Kier molecular flexibility index (Phi) is 24.1. The van der Waals surface area contributed by atoms with Crippen molar-refractivity contribution in [3.8, 4) is 0 Å². The van der Waals surface area contributed by atoms with Crippen LogP contribution in [0.2, 0.25) is 0 Å². The number of thioether (sulfide) groups is 2. The first-order valence-electron chi connectivity index (χ1n) is 13.0. The zero-order chi connectivity index (χ0) is 23.9. The van der Waals surface area contributed by atoms with Gasteiger partial charge in [0, 0.05) is 38.6 Å². The minimum absolute atomic E-state index is 0.220. The highest BCUT2D eigenvalue weighted by Gasteiger charge is 2.20. The summed E-state index contributed by atoms with van der Waals surface area (Å²) < 4.78 is 0. The van der Waals surface area contributed by atoms with Crippen LogP contribution in [0.4, 0.5) is 0 Å². The Morgan fingerprint density at radius 2 is 0.844 bits per heavy atom. The van der Waals surface area contributed by atoms with Crippen molar-refractivity contribution >= 4 is 33.8 Å². The zero-order valence-electron chi connectivity index (χ0n) is 20.8. The number of aliphatic hydroxyl groups excluding tert-OH is 2. The summed E-state index contributed by atoms with van der Waals surface area (Å²) in [6, 6.07) is 0. The van der Waals surface area contributed by atoms with Crippen LogP contribution in [0.1, 0.15) is 117 Å². The van der Waals surface area contributed by atoms with Gasteiger partial charge in [0.15, 0.2) is 10.2 Å². The van der Waals surface area contributed by atoms with E-state index in [1.54, 1.807) is 13.8 Å². The zero-order valence-corrected chi connectivity index (χ0v) is 22.5. The summed E-state index contributed by atoms with van der Waals surface area (Å²) >= 11 is 2.87. The normalized spacial score (nSPS) is 13.2. The maximum atomic E-state index is 10.9. The summed E-state index contributed by atoms with van der Waals surface area (Å²) in [5, 5.41) is 19.5. The molecule has 0 aliphatic carbocycles. The van der Waals surface area contributed by atoms with E-state index in [0.29, 0.717) is 11.8 Å². The number of unbranched alkanes of at least 4 members (excludes halogenated alkanes) is 10. The minimum Gasteiger partial charge on any atom is -0.396 e. The summed E-state index contributed by atoms with van der Waals surface area (Å²) in [5.74, 6) is 2.97. The van der Waals surface area contributed by atoms with Crippen molar-refractivity contribution in [2.24, 2.45) is 11.8 Å². The highest BCUT2D eigenvalue weighted by molar-refractivity contribution is 8.13. The summed E-state index contributed by atoms with van der Waals surface area (Å²) in [6.07, 6.45) is 18.7. The van der Waals surface area contributed by atoms with Crippen LogP contribution >= 0.6 is 23.5 Å². The molecule has 0 heterocycles. The van der Waals surface area contributed by atoms with E-state index in [1.807, 2.05) is 0 Å². The van der Waals surface area contributed by atoms with Crippen molar-refractivity contribution in [1.82, 2.24) is 0 Å². The molecular weight excluding hydrogens is 440 g/mol. The first-order valence-corrected chi connectivity index (χ1v) is 15.0. The van der Waals surface area contributed by atoms with Gasteiger partial charge in [0.1, 0.15) is 0 Å². The van der Waals surface area contributed by atoms with Gasteiger partial charge in [0.2, 0.25) is 0 Å². The molecule has 32 heavy (non-hydrogen) atoms. The fraction of sp³-hybridized carbons (Fsp3) is 0.923. The molecule has 0 amide bonds. The number of carbonyl (C=O) groups is 2. The molecule has 0 aliphatic rings. The molecule has 0 fully saturated rings. The Hall–Kier alpha value is -0.0400. The SMILES string of the molecule is CC(=O)SCCCCCCCC[C@@H](CCO)[C@@H](CCO)CCCCCCCCSC(C)=O. The predicted octanol–water partition coefficient (Wildman–Crippen LogP) is 7.00. The van der Waals surface area contributed by atoms with E-state index in [2.05, 4.69) is 0 Å². The number of rotatable bonds is 23. The lowest BCUT2D eigenvalue weighted by Gasteiger charge is -2.26. The van der Waals surface area contributed by atoms with Crippen molar-refractivity contribution in [2.45, 2.75) is 117 Å². The second-order valence-electron chi connectivity index (χ2n) is 9.04. The molecule has 0 saturated heterocycles. The van der Waals surface area contributed by atoms with Crippen molar-refractivity contribution < 1.29 is 19.8 Å². The second kappa shape index (κ2) is 24.1. The third-order valence-electron chi connectivity index (χ3n) is 6.22. The monoisotopic (exact) mass is 490 g/mol. The van der Waals surface area contributed by atoms with Gasteiger partial charge in [-0.2, -0.15) is 0 Å². The van der Waals surface area contributed by atoms with Crippen LogP contribution < -0.4 is 0 Å². The fourth-order valence-electron chi connectivity index (χ4n) is 4.43. The molecule has 0 radical (unpaired) electrons. The van der Waals surface area contributed by atoms with E-state index in [1.165, 1.54) is 101 Å². The average Bonchev–Trinajstić information content (AvgIpc) is 2.75. The molecule has 4 nitrogen and oxygen atoms in total. The molecule has 190 valence electrons. The highest BCUT2D eigenvalue weighted by atomic mass is 32.2. The third-order valence-corrected chi connectivity index (χ3v) is 8.01. The second-order valence-corrected chi connectivity index (χ2v) is 11.6. The largest absolute Gasteiger partial charge is 0.396 e. The lowest BCUT2D eigenvalue weighted by Crippen LogP contribution is -2.18.